The summed E-state index contributed by atoms with van der Waals surface area (Å²) in [6, 6.07) is 10.7. The van der Waals surface area contributed by atoms with E-state index in [0.29, 0.717) is 57.0 Å². The lowest BCUT2D eigenvalue weighted by Crippen LogP contribution is -2.39. The predicted octanol–water partition coefficient (Wildman–Crippen LogP) is 7.32. The number of carbonyl (C=O) groups is 3. The molecule has 1 heterocycles. The van der Waals surface area contributed by atoms with Crippen molar-refractivity contribution in [3.05, 3.63) is 78.5 Å². The molecule has 1 aliphatic heterocycles. The number of para-hydroxylation sites is 1. The van der Waals surface area contributed by atoms with Gasteiger partial charge in [0.2, 0.25) is 0 Å². The number of benzene rings is 2. The minimum absolute atomic E-state index is 0.0677. The average Bonchev–Trinajstić information content (AvgIpc) is 2.88. The van der Waals surface area contributed by atoms with E-state index >= 15 is 0 Å². The number of hydrogen-bond donors (Lipinski definition) is 1. The highest BCUT2D eigenvalue weighted by atomic mass is 79.9. The van der Waals surface area contributed by atoms with E-state index < -0.39 is 5.92 Å². The lowest BCUT2D eigenvalue weighted by Gasteiger charge is -2.43. The molecule has 0 aromatic heterocycles. The molecule has 0 atom stereocenters. The number of ether oxygens (including phenoxy) is 1. The SMILES string of the molecule is CCN1C2=C(C(=O)CCC2)C(c2cc(Br)cc(Br)c2OCC(=O)Nc2ccccc2Cl)C2=C1CCCC2=O. The van der Waals surface area contributed by atoms with Crippen LogP contribution in [-0.2, 0) is 14.4 Å². The van der Waals surface area contributed by atoms with E-state index in [9.17, 15) is 14.4 Å². The van der Waals surface area contributed by atoms with Gasteiger partial charge in [-0.2, -0.15) is 0 Å². The summed E-state index contributed by atoms with van der Waals surface area (Å²) >= 11 is 13.4. The summed E-state index contributed by atoms with van der Waals surface area (Å²) in [5.74, 6) is -0.343. The first-order valence-electron chi connectivity index (χ1n) is 12.8. The molecule has 0 radical (unpaired) electrons. The van der Waals surface area contributed by atoms with Gasteiger partial charge in [0, 0.05) is 57.9 Å². The van der Waals surface area contributed by atoms with Gasteiger partial charge in [0.1, 0.15) is 5.75 Å². The smallest absolute Gasteiger partial charge is 0.262 e. The number of allylic oxidation sites excluding steroid dienone is 4. The second-order valence-electron chi connectivity index (χ2n) is 9.57. The molecule has 2 aromatic rings. The number of ketones is 2. The van der Waals surface area contributed by atoms with Gasteiger partial charge >= 0.3 is 0 Å². The van der Waals surface area contributed by atoms with Crippen LogP contribution in [0.1, 0.15) is 56.9 Å². The first-order chi connectivity index (χ1) is 18.3. The highest BCUT2D eigenvalue weighted by molar-refractivity contribution is 9.11. The zero-order chi connectivity index (χ0) is 27.0. The van der Waals surface area contributed by atoms with Crippen LogP contribution in [-0.4, -0.2) is 35.5 Å². The maximum atomic E-state index is 13.5. The van der Waals surface area contributed by atoms with Crippen LogP contribution in [0.2, 0.25) is 5.02 Å². The van der Waals surface area contributed by atoms with Crippen LogP contribution in [0.3, 0.4) is 0 Å². The molecule has 3 aliphatic rings. The van der Waals surface area contributed by atoms with Gasteiger partial charge in [0.05, 0.1) is 15.2 Å². The first kappa shape index (κ1) is 27.2. The van der Waals surface area contributed by atoms with Gasteiger partial charge in [-0.1, -0.05) is 39.7 Å². The largest absolute Gasteiger partial charge is 0.482 e. The number of nitrogens with zero attached hydrogens (tertiary/aromatic N) is 1. The molecule has 5 rings (SSSR count). The van der Waals surface area contributed by atoms with Crippen molar-refractivity contribution in [3.8, 4) is 5.75 Å². The third kappa shape index (κ3) is 5.10. The summed E-state index contributed by atoms with van der Waals surface area (Å²) in [7, 11) is 0. The van der Waals surface area contributed by atoms with E-state index in [-0.39, 0.29) is 24.1 Å². The molecule has 9 heteroatoms. The van der Waals surface area contributed by atoms with Crippen molar-refractivity contribution in [2.45, 2.75) is 51.4 Å². The van der Waals surface area contributed by atoms with E-state index in [1.807, 2.05) is 12.1 Å². The van der Waals surface area contributed by atoms with Crippen molar-refractivity contribution >= 4 is 66.6 Å². The molecule has 0 spiro atoms. The number of amides is 1. The van der Waals surface area contributed by atoms with Crippen molar-refractivity contribution in [1.82, 2.24) is 4.90 Å². The third-order valence-corrected chi connectivity index (χ3v) is 8.62. The molecular formula is C29H27Br2ClN2O4. The number of hydrogen-bond acceptors (Lipinski definition) is 5. The standard InChI is InChI=1S/C29H27Br2ClN2O4/c1-2-34-21-9-5-11-23(35)27(21)26(28-22(34)10-6-12-24(28)36)17-13-16(30)14-18(31)29(17)38-15-25(37)33-20-8-4-3-7-19(20)32/h3-4,7-8,13-14,26H,2,5-6,9-12,15H2,1H3,(H,33,37). The molecule has 6 nitrogen and oxygen atoms in total. The van der Waals surface area contributed by atoms with Crippen LogP contribution in [0.4, 0.5) is 5.69 Å². The molecule has 0 fully saturated rings. The quantitative estimate of drug-likeness (QED) is 0.351. The molecular weight excluding hydrogens is 636 g/mol. The second-order valence-corrected chi connectivity index (χ2v) is 11.8. The number of anilines is 1. The molecule has 0 unspecified atom stereocenters. The highest BCUT2D eigenvalue weighted by Gasteiger charge is 2.44. The summed E-state index contributed by atoms with van der Waals surface area (Å²) in [6.07, 6.45) is 4.09. The van der Waals surface area contributed by atoms with E-state index in [4.69, 9.17) is 16.3 Å². The summed E-state index contributed by atoms with van der Waals surface area (Å²) < 4.78 is 7.53. The number of nitrogens with one attached hydrogen (secondary N) is 1. The Hall–Kier alpha value is -2.42. The lowest BCUT2D eigenvalue weighted by atomic mass is 9.70. The van der Waals surface area contributed by atoms with Gasteiger partial charge in [-0.3, -0.25) is 14.4 Å². The molecule has 38 heavy (non-hydrogen) atoms. The van der Waals surface area contributed by atoms with Crippen LogP contribution in [0, 0.1) is 0 Å². The summed E-state index contributed by atoms with van der Waals surface area (Å²) in [4.78, 5) is 41.9. The van der Waals surface area contributed by atoms with E-state index in [1.54, 1.807) is 24.3 Å². The zero-order valence-corrected chi connectivity index (χ0v) is 24.8. The van der Waals surface area contributed by atoms with Crippen LogP contribution in [0.25, 0.3) is 0 Å². The predicted molar refractivity (Wildman–Crippen MR) is 154 cm³/mol. The van der Waals surface area contributed by atoms with Crippen LogP contribution < -0.4 is 10.1 Å². The first-order valence-corrected chi connectivity index (χ1v) is 14.7. The number of carbonyl (C=O) groups excluding carboxylic acids is 3. The molecule has 2 aromatic carbocycles. The molecule has 198 valence electrons. The van der Waals surface area contributed by atoms with Crippen molar-refractivity contribution in [1.29, 1.82) is 0 Å². The van der Waals surface area contributed by atoms with E-state index in [0.717, 1.165) is 41.6 Å². The van der Waals surface area contributed by atoms with Crippen molar-refractivity contribution in [2.75, 3.05) is 18.5 Å². The van der Waals surface area contributed by atoms with Gasteiger partial charge in [0.15, 0.2) is 18.2 Å². The molecule has 0 bridgehead atoms. The Morgan fingerprint density at radius 3 is 2.26 bits per heavy atom. The van der Waals surface area contributed by atoms with Crippen LogP contribution in [0.5, 0.6) is 5.75 Å². The Labute approximate surface area is 243 Å². The minimum Gasteiger partial charge on any atom is -0.482 e. The van der Waals surface area contributed by atoms with Gasteiger partial charge in [0.25, 0.3) is 5.91 Å². The molecule has 2 aliphatic carbocycles. The Bertz CT molecular complexity index is 1360. The van der Waals surface area contributed by atoms with Gasteiger partial charge in [-0.05, 0) is 72.8 Å². The number of halogens is 3. The van der Waals surface area contributed by atoms with Gasteiger partial charge in [-0.25, -0.2) is 0 Å². The molecule has 0 saturated heterocycles. The summed E-state index contributed by atoms with van der Waals surface area (Å²) in [5.41, 5.74) is 4.58. The van der Waals surface area contributed by atoms with Crippen LogP contribution >= 0.6 is 43.5 Å². The Morgan fingerprint density at radius 1 is 1.03 bits per heavy atom. The second kappa shape index (κ2) is 11.4. The fraction of sp³-hybridized carbons (Fsp3) is 0.345. The maximum absolute atomic E-state index is 13.5. The third-order valence-electron chi connectivity index (χ3n) is 7.25. The minimum atomic E-state index is -0.543. The van der Waals surface area contributed by atoms with E-state index in [2.05, 4.69) is 49.0 Å². The van der Waals surface area contributed by atoms with Crippen molar-refractivity contribution < 1.29 is 19.1 Å². The van der Waals surface area contributed by atoms with Crippen LogP contribution in [0.15, 0.2) is 67.9 Å². The lowest BCUT2D eigenvalue weighted by molar-refractivity contribution is -0.119. The fourth-order valence-corrected chi connectivity index (χ4v) is 7.30. The van der Waals surface area contributed by atoms with Crippen molar-refractivity contribution in [2.24, 2.45) is 0 Å². The Balaban J connectivity index is 1.58. The number of Topliss-reactive ketones (excluding diaryl/α,β-unsaturated/α-hetero) is 2. The topological polar surface area (TPSA) is 75.7 Å². The molecule has 1 amide bonds. The van der Waals surface area contributed by atoms with E-state index in [1.165, 1.54) is 0 Å². The van der Waals surface area contributed by atoms with Gasteiger partial charge in [-0.15, -0.1) is 0 Å². The Morgan fingerprint density at radius 2 is 1.66 bits per heavy atom. The van der Waals surface area contributed by atoms with Gasteiger partial charge < -0.3 is 15.0 Å². The summed E-state index contributed by atoms with van der Waals surface area (Å²) in [5, 5.41) is 3.20. The highest BCUT2D eigenvalue weighted by Crippen LogP contribution is 2.52. The maximum Gasteiger partial charge on any atom is 0.262 e. The zero-order valence-electron chi connectivity index (χ0n) is 20.9. The molecule has 0 saturated carbocycles. The molecule has 1 N–H and O–H groups in total. The number of rotatable bonds is 6. The summed E-state index contributed by atoms with van der Waals surface area (Å²) in [6.45, 7) is 2.50. The Kier molecular flexibility index (Phi) is 8.12. The average molecular weight is 663 g/mol. The monoisotopic (exact) mass is 660 g/mol. The van der Waals surface area contributed by atoms with Crippen molar-refractivity contribution in [3.63, 3.8) is 0 Å². The fourth-order valence-electron chi connectivity index (χ4n) is 5.74. The normalized spacial score (nSPS) is 17.9.